The third-order valence-corrected chi connectivity index (χ3v) is 11.0. The van der Waals surface area contributed by atoms with Gasteiger partial charge < -0.3 is 20.1 Å². The van der Waals surface area contributed by atoms with Crippen molar-refractivity contribution in [3.8, 4) is 0 Å². The molecule has 11 atom stereocenters. The van der Waals surface area contributed by atoms with Gasteiger partial charge in [0.25, 0.3) is 0 Å². The number of aliphatic hydroxyl groups excluding tert-OH is 3. The fourth-order valence-corrected chi connectivity index (χ4v) is 8.42. The lowest BCUT2D eigenvalue weighted by Crippen LogP contribution is -2.56. The predicted molar refractivity (Wildman–Crippen MR) is 128 cm³/mol. The van der Waals surface area contributed by atoms with E-state index in [1.165, 1.54) is 6.42 Å². The Bertz CT molecular complexity index is 708. The van der Waals surface area contributed by atoms with Crippen LogP contribution in [0.1, 0.15) is 92.4 Å². The summed E-state index contributed by atoms with van der Waals surface area (Å²) in [6.45, 7) is 11.8. The zero-order chi connectivity index (χ0) is 24.1. The Hall–Kier alpha value is -0.490. The fourth-order valence-electron chi connectivity index (χ4n) is 8.42. The smallest absolute Gasteiger partial charge is 0.155 e. The van der Waals surface area contributed by atoms with Crippen LogP contribution < -0.4 is 0 Å². The molecule has 1 heterocycles. The van der Waals surface area contributed by atoms with E-state index in [-0.39, 0.29) is 23.2 Å². The maximum absolute atomic E-state index is 14.0. The van der Waals surface area contributed by atoms with Gasteiger partial charge in [-0.2, -0.15) is 0 Å². The minimum Gasteiger partial charge on any atom is -0.393 e. The number of fused-ring (bicyclic) bond motifs is 2. The van der Waals surface area contributed by atoms with E-state index in [1.54, 1.807) is 0 Å². The summed E-state index contributed by atoms with van der Waals surface area (Å²) >= 11 is 0. The van der Waals surface area contributed by atoms with Crippen LogP contribution in [0.3, 0.4) is 0 Å². The summed E-state index contributed by atoms with van der Waals surface area (Å²) in [4.78, 5) is 14.0. The van der Waals surface area contributed by atoms with E-state index in [9.17, 15) is 20.1 Å². The molecular weight excluding hydrogens is 416 g/mol. The van der Waals surface area contributed by atoms with Crippen molar-refractivity contribution >= 4 is 5.78 Å². The molecule has 4 aliphatic rings. The first-order chi connectivity index (χ1) is 15.5. The van der Waals surface area contributed by atoms with Crippen LogP contribution in [0.25, 0.3) is 0 Å². The van der Waals surface area contributed by atoms with E-state index in [1.807, 2.05) is 6.92 Å². The molecule has 4 fully saturated rings. The van der Waals surface area contributed by atoms with E-state index >= 15 is 0 Å². The second-order valence-corrected chi connectivity index (χ2v) is 13.1. The van der Waals surface area contributed by atoms with Crippen molar-refractivity contribution in [2.45, 2.75) is 111 Å². The summed E-state index contributed by atoms with van der Waals surface area (Å²) in [7, 11) is 0. The number of rotatable bonds is 5. The normalized spacial score (nSPS) is 49.4. The third kappa shape index (κ3) is 4.57. The molecule has 0 aromatic heterocycles. The topological polar surface area (TPSA) is 87.0 Å². The first-order valence-corrected chi connectivity index (χ1v) is 13.7. The van der Waals surface area contributed by atoms with Crippen LogP contribution in [-0.2, 0) is 9.53 Å². The minimum atomic E-state index is -0.776. The number of hydrogen-bond donors (Lipinski definition) is 3. The molecule has 0 bridgehead atoms. The van der Waals surface area contributed by atoms with Crippen molar-refractivity contribution in [2.24, 2.45) is 52.3 Å². The standard InChI is InChI=1S/C28H48O5/c1-16(2)17(3)6-7-18-15-33-25(31)14-28(5)21(18)8-9-22(28)20-13-24(30)23-12-19(29)10-11-27(23,4)26(20)32/h16-25,29-31H,6-15H2,1-5H3/t17-,18-,19-,20-,21+,22?,23?,24-,25+,27-,28+/m0/s1. The van der Waals surface area contributed by atoms with E-state index in [0.29, 0.717) is 68.2 Å². The Morgan fingerprint density at radius 2 is 1.70 bits per heavy atom. The van der Waals surface area contributed by atoms with Gasteiger partial charge in [-0.25, -0.2) is 0 Å². The predicted octanol–water partition coefficient (Wildman–Crippen LogP) is 4.56. The van der Waals surface area contributed by atoms with Crippen molar-refractivity contribution in [3.05, 3.63) is 0 Å². The molecule has 0 aromatic carbocycles. The van der Waals surface area contributed by atoms with Crippen molar-refractivity contribution in [2.75, 3.05) is 6.61 Å². The van der Waals surface area contributed by atoms with Gasteiger partial charge in [0.15, 0.2) is 6.29 Å². The maximum atomic E-state index is 14.0. The highest BCUT2D eigenvalue weighted by Crippen LogP contribution is 2.62. The third-order valence-electron chi connectivity index (χ3n) is 11.0. The summed E-state index contributed by atoms with van der Waals surface area (Å²) < 4.78 is 5.90. The van der Waals surface area contributed by atoms with Crippen LogP contribution in [-0.4, -0.2) is 46.2 Å². The Balaban J connectivity index is 1.57. The summed E-state index contributed by atoms with van der Waals surface area (Å²) in [5, 5.41) is 32.0. The molecule has 0 radical (unpaired) electrons. The molecule has 5 nitrogen and oxygen atoms in total. The average Bonchev–Trinajstić information content (AvgIpc) is 3.01. The molecule has 1 saturated heterocycles. The molecule has 2 unspecified atom stereocenters. The molecule has 190 valence electrons. The monoisotopic (exact) mass is 464 g/mol. The second kappa shape index (κ2) is 9.52. The molecule has 4 rings (SSSR count). The van der Waals surface area contributed by atoms with Gasteiger partial charge in [-0.3, -0.25) is 4.79 Å². The molecule has 33 heavy (non-hydrogen) atoms. The second-order valence-electron chi connectivity index (χ2n) is 13.1. The lowest BCUT2D eigenvalue weighted by atomic mass is 9.51. The Kier molecular flexibility index (Phi) is 7.38. The van der Waals surface area contributed by atoms with E-state index in [4.69, 9.17) is 4.74 Å². The van der Waals surface area contributed by atoms with Gasteiger partial charge in [-0.05, 0) is 85.9 Å². The lowest BCUT2D eigenvalue weighted by molar-refractivity contribution is -0.163. The summed E-state index contributed by atoms with van der Waals surface area (Å²) in [6.07, 6.45) is 5.56. The number of hydrogen-bond acceptors (Lipinski definition) is 5. The van der Waals surface area contributed by atoms with Gasteiger partial charge >= 0.3 is 0 Å². The first-order valence-electron chi connectivity index (χ1n) is 13.7. The number of Topliss-reactive ketones (excluding diaryl/α,β-unsaturated/α-hetero) is 1. The van der Waals surface area contributed by atoms with Crippen LogP contribution in [0.4, 0.5) is 0 Å². The van der Waals surface area contributed by atoms with Crippen LogP contribution in [0.15, 0.2) is 0 Å². The number of ether oxygens (including phenoxy) is 1. The molecule has 3 aliphatic carbocycles. The van der Waals surface area contributed by atoms with E-state index < -0.39 is 23.9 Å². The number of aliphatic hydroxyl groups is 3. The van der Waals surface area contributed by atoms with Crippen molar-refractivity contribution in [1.29, 1.82) is 0 Å². The molecular formula is C28H48O5. The van der Waals surface area contributed by atoms with Crippen molar-refractivity contribution < 1.29 is 24.9 Å². The van der Waals surface area contributed by atoms with Crippen LogP contribution in [0.5, 0.6) is 0 Å². The van der Waals surface area contributed by atoms with Gasteiger partial charge in [0.1, 0.15) is 5.78 Å². The van der Waals surface area contributed by atoms with Crippen LogP contribution in [0.2, 0.25) is 0 Å². The SMILES string of the molecule is CC(C)[C@@H](C)CC[C@H]1CO[C@@H](O)C[C@@]2(C)C([C@@H]3C[C@H](O)C4C[C@@H](O)CC[C@]4(C)C3=O)CC[C@H]12. The zero-order valence-corrected chi connectivity index (χ0v) is 21.5. The molecule has 3 N–H and O–H groups in total. The molecule has 0 spiro atoms. The van der Waals surface area contributed by atoms with Gasteiger partial charge in [0, 0.05) is 17.8 Å². The molecule has 0 aromatic rings. The zero-order valence-electron chi connectivity index (χ0n) is 21.5. The highest BCUT2D eigenvalue weighted by atomic mass is 16.6. The van der Waals surface area contributed by atoms with Gasteiger partial charge in [0.05, 0.1) is 18.8 Å². The molecule has 1 aliphatic heterocycles. The highest BCUT2D eigenvalue weighted by Gasteiger charge is 2.61. The van der Waals surface area contributed by atoms with Gasteiger partial charge in [-0.15, -0.1) is 0 Å². The van der Waals surface area contributed by atoms with Gasteiger partial charge in [-0.1, -0.05) is 41.0 Å². The number of carbonyl (C=O) groups is 1. The summed E-state index contributed by atoms with van der Waals surface area (Å²) in [5.74, 6) is 2.37. The molecule has 3 saturated carbocycles. The van der Waals surface area contributed by atoms with Crippen molar-refractivity contribution in [1.82, 2.24) is 0 Å². The largest absolute Gasteiger partial charge is 0.393 e. The van der Waals surface area contributed by atoms with Crippen LogP contribution >= 0.6 is 0 Å². The summed E-state index contributed by atoms with van der Waals surface area (Å²) in [5.41, 5.74) is -0.693. The van der Waals surface area contributed by atoms with E-state index in [0.717, 1.165) is 19.3 Å². The summed E-state index contributed by atoms with van der Waals surface area (Å²) in [6, 6.07) is 0. The minimum absolute atomic E-state index is 0.136. The Labute approximate surface area is 200 Å². The quantitative estimate of drug-likeness (QED) is 0.555. The van der Waals surface area contributed by atoms with Crippen LogP contribution in [0, 0.1) is 52.3 Å². The first kappa shape index (κ1) is 25.6. The molecule has 0 amide bonds. The lowest BCUT2D eigenvalue weighted by Gasteiger charge is -2.53. The number of ketones is 1. The molecule has 5 heteroatoms. The highest BCUT2D eigenvalue weighted by molar-refractivity contribution is 5.88. The fraction of sp³-hybridized carbons (Fsp3) is 0.964. The maximum Gasteiger partial charge on any atom is 0.155 e. The Morgan fingerprint density at radius 3 is 2.39 bits per heavy atom. The van der Waals surface area contributed by atoms with E-state index in [2.05, 4.69) is 27.7 Å². The number of carbonyl (C=O) groups excluding carboxylic acids is 1. The average molecular weight is 465 g/mol. The van der Waals surface area contributed by atoms with Gasteiger partial charge in [0.2, 0.25) is 0 Å². The van der Waals surface area contributed by atoms with Crippen molar-refractivity contribution in [3.63, 3.8) is 0 Å². The Morgan fingerprint density at radius 1 is 1.00 bits per heavy atom.